The molecule has 1 aromatic carbocycles. The van der Waals surface area contributed by atoms with Crippen molar-refractivity contribution >= 4 is 17.5 Å². The van der Waals surface area contributed by atoms with Crippen molar-refractivity contribution in [2.75, 3.05) is 5.32 Å². The molecule has 1 fully saturated rings. The highest BCUT2D eigenvalue weighted by Gasteiger charge is 2.18. The van der Waals surface area contributed by atoms with Crippen LogP contribution in [0.15, 0.2) is 24.3 Å². The normalized spacial score (nSPS) is 15.4. The van der Waals surface area contributed by atoms with Crippen molar-refractivity contribution in [1.82, 2.24) is 0 Å². The average Bonchev–Trinajstić information content (AvgIpc) is 2.83. The molecule has 0 heterocycles. The standard InChI is InChI=1S/C15H20N2O2/c16-14(18)9-12-5-7-13(8-6-12)17-15(19)10-11-3-1-2-4-11/h5-8,11H,1-4,9-10H2,(H2,16,18)(H,17,19). The van der Waals surface area contributed by atoms with Crippen LogP contribution in [0, 0.1) is 5.92 Å². The molecule has 0 saturated heterocycles. The Hall–Kier alpha value is -1.84. The molecule has 19 heavy (non-hydrogen) atoms. The van der Waals surface area contributed by atoms with Gasteiger partial charge in [0.15, 0.2) is 0 Å². The van der Waals surface area contributed by atoms with E-state index < -0.39 is 0 Å². The minimum Gasteiger partial charge on any atom is -0.369 e. The van der Waals surface area contributed by atoms with Crippen LogP contribution in [0.4, 0.5) is 5.69 Å². The molecule has 1 saturated carbocycles. The number of benzene rings is 1. The quantitative estimate of drug-likeness (QED) is 0.852. The van der Waals surface area contributed by atoms with Gasteiger partial charge in [0.2, 0.25) is 11.8 Å². The van der Waals surface area contributed by atoms with E-state index in [1.165, 1.54) is 25.7 Å². The molecule has 0 aromatic heterocycles. The lowest BCUT2D eigenvalue weighted by atomic mass is 10.0. The number of amides is 2. The lowest BCUT2D eigenvalue weighted by Crippen LogP contribution is -2.15. The topological polar surface area (TPSA) is 72.2 Å². The van der Waals surface area contributed by atoms with E-state index in [0.717, 1.165) is 11.3 Å². The van der Waals surface area contributed by atoms with Crippen molar-refractivity contribution in [1.29, 1.82) is 0 Å². The molecule has 1 aliphatic rings. The van der Waals surface area contributed by atoms with Crippen LogP contribution in [-0.2, 0) is 16.0 Å². The van der Waals surface area contributed by atoms with E-state index in [4.69, 9.17) is 5.73 Å². The van der Waals surface area contributed by atoms with E-state index in [1.54, 1.807) is 0 Å². The maximum absolute atomic E-state index is 11.8. The molecule has 1 aliphatic carbocycles. The number of nitrogens with one attached hydrogen (secondary N) is 1. The third-order valence-corrected chi connectivity index (χ3v) is 3.56. The lowest BCUT2D eigenvalue weighted by molar-refractivity contribution is -0.118. The molecule has 1 aromatic rings. The van der Waals surface area contributed by atoms with Crippen LogP contribution in [0.5, 0.6) is 0 Å². The van der Waals surface area contributed by atoms with Gasteiger partial charge < -0.3 is 11.1 Å². The summed E-state index contributed by atoms with van der Waals surface area (Å²) in [6.45, 7) is 0. The van der Waals surface area contributed by atoms with Gasteiger partial charge in [-0.15, -0.1) is 0 Å². The van der Waals surface area contributed by atoms with Crippen LogP contribution in [0.2, 0.25) is 0 Å². The van der Waals surface area contributed by atoms with Crippen molar-refractivity contribution in [2.24, 2.45) is 11.7 Å². The molecular formula is C15H20N2O2. The number of carbonyl (C=O) groups is 2. The Labute approximate surface area is 113 Å². The Bertz CT molecular complexity index is 448. The van der Waals surface area contributed by atoms with Gasteiger partial charge in [-0.05, 0) is 36.5 Å². The van der Waals surface area contributed by atoms with E-state index in [-0.39, 0.29) is 18.2 Å². The van der Waals surface area contributed by atoms with Gasteiger partial charge in [-0.25, -0.2) is 0 Å². The predicted octanol–water partition coefficient (Wildman–Crippen LogP) is 2.23. The molecule has 2 amide bonds. The maximum atomic E-state index is 11.8. The third-order valence-electron chi connectivity index (χ3n) is 3.56. The molecule has 3 N–H and O–H groups in total. The fourth-order valence-corrected chi connectivity index (χ4v) is 2.60. The van der Waals surface area contributed by atoms with Gasteiger partial charge in [0.25, 0.3) is 0 Å². The van der Waals surface area contributed by atoms with Crippen molar-refractivity contribution in [3.63, 3.8) is 0 Å². The number of primary amides is 1. The van der Waals surface area contributed by atoms with Crippen LogP contribution in [0.1, 0.15) is 37.7 Å². The minimum absolute atomic E-state index is 0.0783. The number of anilines is 1. The molecule has 2 rings (SSSR count). The first-order chi connectivity index (χ1) is 9.13. The van der Waals surface area contributed by atoms with Crippen LogP contribution in [0.3, 0.4) is 0 Å². The molecule has 0 atom stereocenters. The highest BCUT2D eigenvalue weighted by Crippen LogP contribution is 2.27. The Balaban J connectivity index is 1.84. The van der Waals surface area contributed by atoms with Gasteiger partial charge in [-0.2, -0.15) is 0 Å². The van der Waals surface area contributed by atoms with E-state index >= 15 is 0 Å². The zero-order valence-electron chi connectivity index (χ0n) is 11.0. The summed E-state index contributed by atoms with van der Waals surface area (Å²) >= 11 is 0. The van der Waals surface area contributed by atoms with Crippen molar-refractivity contribution in [2.45, 2.75) is 38.5 Å². The summed E-state index contributed by atoms with van der Waals surface area (Å²) in [5.74, 6) is 0.279. The molecule has 0 unspecified atom stereocenters. The van der Waals surface area contributed by atoms with Gasteiger partial charge in [0, 0.05) is 12.1 Å². The van der Waals surface area contributed by atoms with E-state index in [1.807, 2.05) is 24.3 Å². The van der Waals surface area contributed by atoms with Gasteiger partial charge in [-0.3, -0.25) is 9.59 Å². The smallest absolute Gasteiger partial charge is 0.224 e. The van der Waals surface area contributed by atoms with E-state index in [9.17, 15) is 9.59 Å². The highest BCUT2D eigenvalue weighted by molar-refractivity contribution is 5.90. The Morgan fingerprint density at radius 3 is 2.37 bits per heavy atom. The summed E-state index contributed by atoms with van der Waals surface area (Å²) in [7, 11) is 0. The molecule has 102 valence electrons. The van der Waals surface area contributed by atoms with Crippen molar-refractivity contribution < 1.29 is 9.59 Å². The van der Waals surface area contributed by atoms with Gasteiger partial charge in [0.05, 0.1) is 6.42 Å². The molecular weight excluding hydrogens is 240 g/mol. The second kappa shape index (κ2) is 6.36. The Kier molecular flexibility index (Phi) is 4.55. The zero-order valence-corrected chi connectivity index (χ0v) is 11.0. The van der Waals surface area contributed by atoms with Crippen molar-refractivity contribution in [3.8, 4) is 0 Å². The van der Waals surface area contributed by atoms with E-state index in [2.05, 4.69) is 5.32 Å². The molecule has 4 nitrogen and oxygen atoms in total. The number of nitrogens with two attached hydrogens (primary N) is 1. The van der Waals surface area contributed by atoms with Crippen LogP contribution in [-0.4, -0.2) is 11.8 Å². The molecule has 0 radical (unpaired) electrons. The molecule has 0 spiro atoms. The summed E-state index contributed by atoms with van der Waals surface area (Å²) in [5, 5.41) is 2.89. The molecule has 4 heteroatoms. The summed E-state index contributed by atoms with van der Waals surface area (Å²) < 4.78 is 0. The van der Waals surface area contributed by atoms with Crippen LogP contribution < -0.4 is 11.1 Å². The number of carbonyl (C=O) groups excluding carboxylic acids is 2. The fraction of sp³-hybridized carbons (Fsp3) is 0.467. The first-order valence-corrected chi connectivity index (χ1v) is 6.80. The predicted molar refractivity (Wildman–Crippen MR) is 74.5 cm³/mol. The number of hydrogen-bond donors (Lipinski definition) is 2. The van der Waals surface area contributed by atoms with Crippen LogP contribution >= 0.6 is 0 Å². The summed E-state index contributed by atoms with van der Waals surface area (Å²) in [6.07, 6.45) is 5.69. The zero-order chi connectivity index (χ0) is 13.7. The van der Waals surface area contributed by atoms with Gasteiger partial charge in [-0.1, -0.05) is 25.0 Å². The first kappa shape index (κ1) is 13.6. The largest absolute Gasteiger partial charge is 0.369 e. The maximum Gasteiger partial charge on any atom is 0.224 e. The second-order valence-electron chi connectivity index (χ2n) is 5.24. The summed E-state index contributed by atoms with van der Waals surface area (Å²) in [4.78, 5) is 22.6. The molecule has 0 aliphatic heterocycles. The average molecular weight is 260 g/mol. The summed E-state index contributed by atoms with van der Waals surface area (Å²) in [6, 6.07) is 7.25. The fourth-order valence-electron chi connectivity index (χ4n) is 2.60. The number of hydrogen-bond acceptors (Lipinski definition) is 2. The highest BCUT2D eigenvalue weighted by atomic mass is 16.1. The Morgan fingerprint density at radius 2 is 1.79 bits per heavy atom. The first-order valence-electron chi connectivity index (χ1n) is 6.80. The third kappa shape index (κ3) is 4.39. The summed E-state index contributed by atoms with van der Waals surface area (Å²) in [5.41, 5.74) is 6.76. The van der Waals surface area contributed by atoms with Crippen LogP contribution in [0.25, 0.3) is 0 Å². The van der Waals surface area contributed by atoms with Crippen molar-refractivity contribution in [3.05, 3.63) is 29.8 Å². The van der Waals surface area contributed by atoms with Gasteiger partial charge >= 0.3 is 0 Å². The number of rotatable bonds is 5. The monoisotopic (exact) mass is 260 g/mol. The second-order valence-corrected chi connectivity index (χ2v) is 5.24. The minimum atomic E-state index is -0.349. The van der Waals surface area contributed by atoms with E-state index in [0.29, 0.717) is 12.3 Å². The van der Waals surface area contributed by atoms with Gasteiger partial charge in [0.1, 0.15) is 0 Å². The Morgan fingerprint density at radius 1 is 1.16 bits per heavy atom. The SMILES string of the molecule is NC(=O)Cc1ccc(NC(=O)CC2CCCC2)cc1. The lowest BCUT2D eigenvalue weighted by Gasteiger charge is -2.10. The molecule has 0 bridgehead atoms.